The number of nitrogens with one attached hydrogen (secondary N) is 1. The van der Waals surface area contributed by atoms with Crippen LogP contribution in [0.4, 0.5) is 5.82 Å². The van der Waals surface area contributed by atoms with E-state index in [1.54, 1.807) is 0 Å². The second kappa shape index (κ2) is 6.60. The highest BCUT2D eigenvalue weighted by atomic mass is 35.5. The standard InChI is InChI=1S/C11H16ClN3O6S/c1-22(19,20)11-14-7(12)2-8(15-11)13-5-4-21-6(3-16)10(18)9(5)17/h2,5-6,9-10,16-18H,3-4H2,1H3,(H,13,14,15)/t5-,6+,9+,10-/m0/s1. The van der Waals surface area contributed by atoms with Gasteiger partial charge in [-0.05, 0) is 0 Å². The fourth-order valence-corrected chi connectivity index (χ4v) is 2.76. The van der Waals surface area contributed by atoms with Crippen molar-refractivity contribution in [1.29, 1.82) is 0 Å². The average Bonchev–Trinajstić information content (AvgIpc) is 2.43. The lowest BCUT2D eigenvalue weighted by Crippen LogP contribution is -2.56. The quantitative estimate of drug-likeness (QED) is 0.373. The van der Waals surface area contributed by atoms with Gasteiger partial charge in [0, 0.05) is 12.3 Å². The highest BCUT2D eigenvalue weighted by Gasteiger charge is 2.38. The zero-order chi connectivity index (χ0) is 16.5. The van der Waals surface area contributed by atoms with E-state index in [-0.39, 0.29) is 17.6 Å². The van der Waals surface area contributed by atoms with Gasteiger partial charge in [-0.2, -0.15) is 0 Å². The molecule has 0 unspecified atom stereocenters. The van der Waals surface area contributed by atoms with E-state index in [0.717, 1.165) is 6.26 Å². The first kappa shape index (κ1) is 17.3. The predicted molar refractivity (Wildman–Crippen MR) is 76.4 cm³/mol. The molecule has 1 saturated heterocycles. The van der Waals surface area contributed by atoms with Crippen molar-refractivity contribution in [2.75, 3.05) is 24.8 Å². The monoisotopic (exact) mass is 353 g/mol. The van der Waals surface area contributed by atoms with Crippen molar-refractivity contribution in [2.24, 2.45) is 0 Å². The second-order valence-electron chi connectivity index (χ2n) is 4.92. The third-order valence-corrected chi connectivity index (χ3v) is 4.19. The van der Waals surface area contributed by atoms with E-state index in [4.69, 9.17) is 21.4 Å². The molecule has 0 amide bonds. The Bertz CT molecular complexity index is 643. The number of nitrogens with zero attached hydrogens (tertiary/aromatic N) is 2. The predicted octanol–water partition coefficient (Wildman–Crippen LogP) is -1.57. The topological polar surface area (TPSA) is 142 Å². The van der Waals surface area contributed by atoms with Gasteiger partial charge in [-0.1, -0.05) is 11.6 Å². The molecule has 22 heavy (non-hydrogen) atoms. The third kappa shape index (κ3) is 3.83. The number of aromatic nitrogens is 2. The van der Waals surface area contributed by atoms with Crippen molar-refractivity contribution < 1.29 is 28.5 Å². The molecule has 124 valence electrons. The molecule has 4 N–H and O–H groups in total. The van der Waals surface area contributed by atoms with Gasteiger partial charge in [0.15, 0.2) is 0 Å². The molecule has 1 aliphatic rings. The van der Waals surface area contributed by atoms with Crippen LogP contribution in [0.3, 0.4) is 0 Å². The van der Waals surface area contributed by atoms with Crippen LogP contribution in [0.2, 0.25) is 5.15 Å². The smallest absolute Gasteiger partial charge is 0.250 e. The second-order valence-corrected chi connectivity index (χ2v) is 7.21. The van der Waals surface area contributed by atoms with Crippen LogP contribution in [0.1, 0.15) is 0 Å². The van der Waals surface area contributed by atoms with Crippen molar-refractivity contribution >= 4 is 27.3 Å². The molecular weight excluding hydrogens is 338 g/mol. The van der Waals surface area contributed by atoms with E-state index >= 15 is 0 Å². The number of aliphatic hydroxyl groups excluding tert-OH is 3. The van der Waals surface area contributed by atoms with Crippen LogP contribution in [0.5, 0.6) is 0 Å². The molecule has 1 fully saturated rings. The van der Waals surface area contributed by atoms with Crippen molar-refractivity contribution in [3.63, 3.8) is 0 Å². The molecule has 1 aliphatic heterocycles. The Labute approximate surface area is 131 Å². The lowest BCUT2D eigenvalue weighted by atomic mass is 9.98. The van der Waals surface area contributed by atoms with E-state index in [0.29, 0.717) is 0 Å². The maximum absolute atomic E-state index is 11.5. The van der Waals surface area contributed by atoms with E-state index in [1.807, 2.05) is 0 Å². The molecule has 0 aliphatic carbocycles. The minimum atomic E-state index is -3.65. The highest BCUT2D eigenvalue weighted by molar-refractivity contribution is 7.90. The first-order valence-electron chi connectivity index (χ1n) is 6.32. The summed E-state index contributed by atoms with van der Waals surface area (Å²) in [7, 11) is -3.65. The molecule has 1 aromatic rings. The lowest BCUT2D eigenvalue weighted by Gasteiger charge is -2.37. The fourth-order valence-electron chi connectivity index (χ4n) is 2.00. The molecule has 2 rings (SSSR count). The van der Waals surface area contributed by atoms with Gasteiger partial charge in [0.2, 0.25) is 15.0 Å². The Kier molecular flexibility index (Phi) is 5.20. The molecule has 2 heterocycles. The minimum Gasteiger partial charge on any atom is -0.394 e. The molecule has 1 aromatic heterocycles. The SMILES string of the molecule is CS(=O)(=O)c1nc(Cl)cc(N[C@H]2CO[C@H](CO)[C@H](O)[C@@H]2O)n1. The van der Waals surface area contributed by atoms with Crippen molar-refractivity contribution in [1.82, 2.24) is 9.97 Å². The maximum Gasteiger partial charge on any atom is 0.250 e. The van der Waals surface area contributed by atoms with Crippen LogP contribution in [0.25, 0.3) is 0 Å². The Morgan fingerprint density at radius 2 is 2.09 bits per heavy atom. The fraction of sp³-hybridized carbons (Fsp3) is 0.636. The number of ether oxygens (including phenoxy) is 1. The van der Waals surface area contributed by atoms with Crippen molar-refractivity contribution in [3.05, 3.63) is 11.2 Å². The summed E-state index contributed by atoms with van der Waals surface area (Å²) in [6.07, 6.45) is -2.46. The van der Waals surface area contributed by atoms with E-state index in [1.165, 1.54) is 6.07 Å². The van der Waals surface area contributed by atoms with Gasteiger partial charge in [0.25, 0.3) is 0 Å². The van der Waals surface area contributed by atoms with Crippen LogP contribution in [-0.2, 0) is 14.6 Å². The maximum atomic E-state index is 11.5. The summed E-state index contributed by atoms with van der Waals surface area (Å²) in [6, 6.07) is 0.532. The molecule has 0 saturated carbocycles. The van der Waals surface area contributed by atoms with Gasteiger partial charge >= 0.3 is 0 Å². The number of halogens is 1. The number of anilines is 1. The van der Waals surface area contributed by atoms with Gasteiger partial charge in [-0.25, -0.2) is 18.4 Å². The van der Waals surface area contributed by atoms with Crippen LogP contribution in [0, 0.1) is 0 Å². The van der Waals surface area contributed by atoms with Crippen LogP contribution < -0.4 is 5.32 Å². The van der Waals surface area contributed by atoms with Crippen molar-refractivity contribution in [3.8, 4) is 0 Å². The van der Waals surface area contributed by atoms with Crippen LogP contribution in [0.15, 0.2) is 11.2 Å². The van der Waals surface area contributed by atoms with E-state index in [2.05, 4.69) is 15.3 Å². The minimum absolute atomic E-state index is 0.0146. The van der Waals surface area contributed by atoms with Crippen LogP contribution >= 0.6 is 11.6 Å². The number of hydrogen-bond acceptors (Lipinski definition) is 9. The lowest BCUT2D eigenvalue weighted by molar-refractivity contribution is -0.152. The summed E-state index contributed by atoms with van der Waals surface area (Å²) in [5, 5.41) is 31.0. The summed E-state index contributed by atoms with van der Waals surface area (Å²) in [5.74, 6) is 0.0720. The third-order valence-electron chi connectivity index (χ3n) is 3.15. The molecule has 0 radical (unpaired) electrons. The Hall–Kier alpha value is -1.04. The van der Waals surface area contributed by atoms with Gasteiger partial charge in [0.05, 0.1) is 19.3 Å². The normalized spacial score (nSPS) is 29.3. The van der Waals surface area contributed by atoms with E-state index in [9.17, 15) is 18.6 Å². The molecule has 9 nitrogen and oxygen atoms in total. The zero-order valence-corrected chi connectivity index (χ0v) is 13.1. The summed E-state index contributed by atoms with van der Waals surface area (Å²) in [4.78, 5) is 7.41. The average molecular weight is 354 g/mol. The van der Waals surface area contributed by atoms with Gasteiger partial charge < -0.3 is 25.4 Å². The number of aliphatic hydroxyl groups is 3. The Morgan fingerprint density at radius 3 is 2.68 bits per heavy atom. The summed E-state index contributed by atoms with van der Waals surface area (Å²) < 4.78 is 28.2. The first-order valence-corrected chi connectivity index (χ1v) is 8.59. The first-order chi connectivity index (χ1) is 10.2. The number of sulfone groups is 1. The van der Waals surface area contributed by atoms with Gasteiger partial charge in [-0.3, -0.25) is 0 Å². The number of rotatable bonds is 4. The molecule has 4 atom stereocenters. The molecular formula is C11H16ClN3O6S. The molecule has 0 spiro atoms. The number of hydrogen-bond donors (Lipinski definition) is 4. The molecule has 11 heteroatoms. The van der Waals surface area contributed by atoms with Crippen molar-refractivity contribution in [2.45, 2.75) is 29.5 Å². The zero-order valence-electron chi connectivity index (χ0n) is 11.5. The largest absolute Gasteiger partial charge is 0.394 e. The highest BCUT2D eigenvalue weighted by Crippen LogP contribution is 2.20. The van der Waals surface area contributed by atoms with Gasteiger partial charge in [-0.15, -0.1) is 0 Å². The molecule has 0 bridgehead atoms. The van der Waals surface area contributed by atoms with E-state index < -0.39 is 46.0 Å². The Morgan fingerprint density at radius 1 is 1.41 bits per heavy atom. The summed E-state index contributed by atoms with van der Waals surface area (Å²) >= 11 is 5.75. The molecule has 0 aromatic carbocycles. The summed E-state index contributed by atoms with van der Waals surface area (Å²) in [5.41, 5.74) is 0. The van der Waals surface area contributed by atoms with Crippen LogP contribution in [-0.4, -0.2) is 77.5 Å². The Balaban J connectivity index is 2.19. The summed E-state index contributed by atoms with van der Waals surface area (Å²) in [6.45, 7) is -0.443. The van der Waals surface area contributed by atoms with Gasteiger partial charge in [0.1, 0.15) is 29.3 Å².